The van der Waals surface area contributed by atoms with Gasteiger partial charge in [0.2, 0.25) is 0 Å². The van der Waals surface area contributed by atoms with Crippen LogP contribution in [0.15, 0.2) is 5.10 Å². The third-order valence-corrected chi connectivity index (χ3v) is 0.834. The van der Waals surface area contributed by atoms with E-state index in [2.05, 4.69) is 18.4 Å². The molecule has 3 heteroatoms. The van der Waals surface area contributed by atoms with Crippen molar-refractivity contribution in [3.05, 3.63) is 0 Å². The van der Waals surface area contributed by atoms with Crippen molar-refractivity contribution >= 4 is 14.1 Å². The average Bonchev–Trinajstić information content (AvgIpc) is 1.86. The van der Waals surface area contributed by atoms with Gasteiger partial charge in [0.15, 0.2) is 0 Å². The third kappa shape index (κ3) is 0.532. The van der Waals surface area contributed by atoms with Gasteiger partial charge in [-0.15, -0.1) is 0 Å². The van der Waals surface area contributed by atoms with Gasteiger partial charge in [0.1, 0.15) is 7.85 Å². The highest BCUT2D eigenvalue weighted by atomic mass is 15.3. The fourth-order valence-electron chi connectivity index (χ4n) is 0.429. The Morgan fingerprint density at radius 3 is 3.00 bits per heavy atom. The maximum Gasteiger partial charge on any atom is 0.114 e. The first-order valence-corrected chi connectivity index (χ1v) is 2.15. The first kappa shape index (κ1) is 3.72. The lowest BCUT2D eigenvalue weighted by Crippen LogP contribution is -2.03. The maximum atomic E-state index is 3.79. The van der Waals surface area contributed by atoms with Gasteiger partial charge >= 0.3 is 0 Å². The van der Waals surface area contributed by atoms with Crippen molar-refractivity contribution < 1.29 is 0 Å². The van der Waals surface area contributed by atoms with Crippen LogP contribution in [-0.4, -0.2) is 20.6 Å². The molecule has 0 fully saturated rings. The number of nitrogens with one attached hydrogen (secondary N) is 1. The molecule has 1 unspecified atom stereocenters. The van der Waals surface area contributed by atoms with Gasteiger partial charge < -0.3 is 5.43 Å². The molecular formula is C3H7BN2. The van der Waals surface area contributed by atoms with Gasteiger partial charge in [0, 0.05) is 12.8 Å². The minimum absolute atomic E-state index is 0.644. The molecule has 1 N–H and O–H groups in total. The fraction of sp³-hybridized carbons (Fsp3) is 0.667. The van der Waals surface area contributed by atoms with E-state index < -0.39 is 0 Å². The zero-order chi connectivity index (χ0) is 4.41. The lowest BCUT2D eigenvalue weighted by atomic mass is 9.90. The summed E-state index contributed by atoms with van der Waals surface area (Å²) in [4.78, 5) is 0. The second kappa shape index (κ2) is 1.33. The Balaban J connectivity index is 2.38. The number of hydrogen-bond donors (Lipinski definition) is 1. The maximum absolute atomic E-state index is 3.79. The highest BCUT2D eigenvalue weighted by molar-refractivity contribution is 6.21. The molecule has 0 amide bonds. The van der Waals surface area contributed by atoms with E-state index in [9.17, 15) is 0 Å². The third-order valence-electron chi connectivity index (χ3n) is 0.834. The Morgan fingerprint density at radius 2 is 2.83 bits per heavy atom. The SMILES string of the molecule is BC1C=NNC1. The van der Waals surface area contributed by atoms with Crippen LogP contribution in [-0.2, 0) is 0 Å². The molecule has 0 aromatic heterocycles. The van der Waals surface area contributed by atoms with Crippen LogP contribution >= 0.6 is 0 Å². The molecule has 0 saturated heterocycles. The van der Waals surface area contributed by atoms with Gasteiger partial charge in [0.05, 0.1) is 0 Å². The van der Waals surface area contributed by atoms with E-state index in [-0.39, 0.29) is 0 Å². The number of nitrogens with zero attached hydrogens (tertiary/aromatic N) is 1. The number of rotatable bonds is 0. The summed E-state index contributed by atoms with van der Waals surface area (Å²) in [6, 6.07) is 0. The largest absolute Gasteiger partial charge is 0.311 e. The van der Waals surface area contributed by atoms with E-state index in [0.717, 1.165) is 6.54 Å². The van der Waals surface area contributed by atoms with Crippen molar-refractivity contribution in [2.24, 2.45) is 5.10 Å². The average molecular weight is 81.9 g/mol. The monoisotopic (exact) mass is 82.1 g/mol. The van der Waals surface area contributed by atoms with E-state index in [1.807, 2.05) is 6.21 Å². The van der Waals surface area contributed by atoms with Gasteiger partial charge in [-0.25, -0.2) is 0 Å². The summed E-state index contributed by atoms with van der Waals surface area (Å²) in [5.41, 5.74) is 2.84. The minimum Gasteiger partial charge on any atom is -0.311 e. The van der Waals surface area contributed by atoms with Crippen molar-refractivity contribution in [2.75, 3.05) is 6.54 Å². The van der Waals surface area contributed by atoms with Gasteiger partial charge in [-0.05, 0) is 5.82 Å². The molecule has 0 aromatic rings. The molecule has 6 heavy (non-hydrogen) atoms. The summed E-state index contributed by atoms with van der Waals surface area (Å²) in [7, 11) is 2.13. The van der Waals surface area contributed by atoms with Crippen molar-refractivity contribution in [3.63, 3.8) is 0 Å². The van der Waals surface area contributed by atoms with Crippen LogP contribution in [0, 0.1) is 0 Å². The fourth-order valence-corrected chi connectivity index (χ4v) is 0.429. The topological polar surface area (TPSA) is 24.4 Å². The molecule has 1 aliphatic heterocycles. The van der Waals surface area contributed by atoms with Crippen molar-refractivity contribution in [1.29, 1.82) is 0 Å². The summed E-state index contributed by atoms with van der Waals surface area (Å²) < 4.78 is 0. The van der Waals surface area contributed by atoms with E-state index >= 15 is 0 Å². The molecule has 0 aliphatic carbocycles. The molecule has 1 rings (SSSR count). The molecule has 0 spiro atoms. The molecule has 1 atom stereocenters. The Hall–Kier alpha value is -0.465. The van der Waals surface area contributed by atoms with Crippen molar-refractivity contribution in [2.45, 2.75) is 5.82 Å². The second-order valence-corrected chi connectivity index (χ2v) is 1.62. The molecule has 2 nitrogen and oxygen atoms in total. The highest BCUT2D eigenvalue weighted by Crippen LogP contribution is 1.94. The van der Waals surface area contributed by atoms with E-state index in [1.165, 1.54) is 0 Å². The van der Waals surface area contributed by atoms with Crippen molar-refractivity contribution in [1.82, 2.24) is 5.43 Å². The minimum atomic E-state index is 0.644. The molecule has 0 aromatic carbocycles. The van der Waals surface area contributed by atoms with Crippen LogP contribution in [0.5, 0.6) is 0 Å². The number of hydrazone groups is 1. The van der Waals surface area contributed by atoms with E-state index in [4.69, 9.17) is 0 Å². The molecule has 1 aliphatic rings. The summed E-state index contributed by atoms with van der Waals surface area (Å²) in [5, 5.41) is 3.79. The Bertz CT molecular complexity index is 71.2. The predicted molar refractivity (Wildman–Crippen MR) is 28.8 cm³/mol. The Kier molecular flexibility index (Phi) is 0.822. The van der Waals surface area contributed by atoms with E-state index in [1.54, 1.807) is 0 Å². The normalized spacial score (nSPS) is 30.3. The van der Waals surface area contributed by atoms with Crippen LogP contribution < -0.4 is 5.43 Å². The van der Waals surface area contributed by atoms with Crippen LogP contribution in [0.1, 0.15) is 0 Å². The molecular weight excluding hydrogens is 74.9 g/mol. The quantitative estimate of drug-likeness (QED) is 0.372. The number of hydrogen-bond acceptors (Lipinski definition) is 2. The van der Waals surface area contributed by atoms with Crippen molar-refractivity contribution in [3.8, 4) is 0 Å². The molecule has 0 radical (unpaired) electrons. The van der Waals surface area contributed by atoms with Gasteiger partial charge in [-0.3, -0.25) is 0 Å². The first-order chi connectivity index (χ1) is 2.89. The summed E-state index contributed by atoms with van der Waals surface area (Å²) in [6.45, 7) is 1.01. The Morgan fingerprint density at radius 1 is 2.00 bits per heavy atom. The van der Waals surface area contributed by atoms with Crippen LogP contribution in [0.2, 0.25) is 5.82 Å². The van der Waals surface area contributed by atoms with E-state index in [0.29, 0.717) is 5.82 Å². The summed E-state index contributed by atoms with van der Waals surface area (Å²) >= 11 is 0. The lowest BCUT2D eigenvalue weighted by Gasteiger charge is -1.87. The zero-order valence-corrected chi connectivity index (χ0v) is 3.81. The van der Waals surface area contributed by atoms with Crippen LogP contribution in [0.3, 0.4) is 0 Å². The second-order valence-electron chi connectivity index (χ2n) is 1.62. The summed E-state index contributed by atoms with van der Waals surface area (Å²) in [6.07, 6.45) is 1.92. The predicted octanol–water partition coefficient (Wildman–Crippen LogP) is -1.00. The Labute approximate surface area is 38.0 Å². The lowest BCUT2D eigenvalue weighted by molar-refractivity contribution is 0.812. The zero-order valence-electron chi connectivity index (χ0n) is 3.81. The van der Waals surface area contributed by atoms with Crippen LogP contribution in [0.4, 0.5) is 0 Å². The highest BCUT2D eigenvalue weighted by Gasteiger charge is 1.99. The molecule has 32 valence electrons. The van der Waals surface area contributed by atoms with Gasteiger partial charge in [0.25, 0.3) is 0 Å². The summed E-state index contributed by atoms with van der Waals surface area (Å²) in [5.74, 6) is 0.644. The van der Waals surface area contributed by atoms with Crippen LogP contribution in [0.25, 0.3) is 0 Å². The standard InChI is InChI=1S/C3H7BN2/c4-3-1-5-6-2-3/h1,3,6H,2,4H2. The first-order valence-electron chi connectivity index (χ1n) is 2.15. The smallest absolute Gasteiger partial charge is 0.114 e. The molecule has 0 bridgehead atoms. The van der Waals surface area contributed by atoms with Gasteiger partial charge in [-0.2, -0.15) is 5.10 Å². The molecule has 1 heterocycles. The van der Waals surface area contributed by atoms with Gasteiger partial charge in [-0.1, -0.05) is 0 Å². The molecule has 0 saturated carbocycles.